The Balaban J connectivity index is 2.26. The smallest absolute Gasteiger partial charge is 0.236 e. The van der Waals surface area contributed by atoms with Crippen LogP contribution in [-0.4, -0.2) is 5.91 Å². The van der Waals surface area contributed by atoms with Gasteiger partial charge in [-0.15, -0.1) is 0 Å². The molecule has 0 saturated heterocycles. The van der Waals surface area contributed by atoms with Crippen LogP contribution in [0.25, 0.3) is 0 Å². The third kappa shape index (κ3) is 2.99. The molecule has 0 bridgehead atoms. The summed E-state index contributed by atoms with van der Waals surface area (Å²) in [5.74, 6) is 6.15. The van der Waals surface area contributed by atoms with Gasteiger partial charge in [-0.05, 0) is 31.6 Å². The van der Waals surface area contributed by atoms with Crippen molar-refractivity contribution in [1.29, 1.82) is 0 Å². The summed E-state index contributed by atoms with van der Waals surface area (Å²) < 4.78 is 0. The first-order chi connectivity index (χ1) is 6.27. The van der Waals surface area contributed by atoms with Gasteiger partial charge in [-0.25, -0.2) is 5.84 Å². The molecular weight excluding hydrogens is 164 g/mol. The SMILES string of the molecule is CCC[C@H]1CC[C@H](C(=O)NN)CC1. The van der Waals surface area contributed by atoms with Crippen LogP contribution in [0.1, 0.15) is 45.4 Å². The molecule has 0 aromatic carbocycles. The van der Waals surface area contributed by atoms with Crippen molar-refractivity contribution in [2.24, 2.45) is 17.7 Å². The average molecular weight is 184 g/mol. The van der Waals surface area contributed by atoms with E-state index >= 15 is 0 Å². The number of amides is 1. The largest absolute Gasteiger partial charge is 0.294 e. The minimum absolute atomic E-state index is 0.0231. The van der Waals surface area contributed by atoms with Crippen LogP contribution < -0.4 is 11.3 Å². The van der Waals surface area contributed by atoms with E-state index in [9.17, 15) is 4.79 Å². The lowest BCUT2D eigenvalue weighted by atomic mass is 9.80. The van der Waals surface area contributed by atoms with Gasteiger partial charge in [-0.3, -0.25) is 10.2 Å². The van der Waals surface area contributed by atoms with Crippen molar-refractivity contribution in [2.45, 2.75) is 45.4 Å². The molecule has 0 radical (unpaired) electrons. The Kier molecular flexibility index (Phi) is 4.22. The lowest BCUT2D eigenvalue weighted by molar-refractivity contribution is -0.126. The van der Waals surface area contributed by atoms with Crippen molar-refractivity contribution >= 4 is 5.91 Å². The highest BCUT2D eigenvalue weighted by molar-refractivity contribution is 5.77. The lowest BCUT2D eigenvalue weighted by Crippen LogP contribution is -2.37. The predicted octanol–water partition coefficient (Wildman–Crippen LogP) is 1.58. The zero-order valence-corrected chi connectivity index (χ0v) is 8.38. The van der Waals surface area contributed by atoms with Gasteiger partial charge in [0.15, 0.2) is 0 Å². The van der Waals surface area contributed by atoms with Crippen molar-refractivity contribution < 1.29 is 4.79 Å². The summed E-state index contributed by atoms with van der Waals surface area (Å²) in [4.78, 5) is 11.2. The average Bonchev–Trinajstić information content (AvgIpc) is 2.18. The molecule has 3 heteroatoms. The topological polar surface area (TPSA) is 55.1 Å². The van der Waals surface area contributed by atoms with Crippen LogP contribution in [0, 0.1) is 11.8 Å². The number of rotatable bonds is 3. The van der Waals surface area contributed by atoms with E-state index < -0.39 is 0 Å². The second-order valence-corrected chi connectivity index (χ2v) is 4.01. The summed E-state index contributed by atoms with van der Waals surface area (Å²) >= 11 is 0. The molecule has 0 aromatic rings. The third-order valence-electron chi connectivity index (χ3n) is 3.06. The van der Waals surface area contributed by atoms with Crippen LogP contribution in [0.3, 0.4) is 0 Å². The second-order valence-electron chi connectivity index (χ2n) is 4.01. The van der Waals surface area contributed by atoms with Gasteiger partial charge in [0.05, 0.1) is 0 Å². The van der Waals surface area contributed by atoms with Gasteiger partial charge in [0.25, 0.3) is 0 Å². The number of nitrogens with two attached hydrogens (primary N) is 1. The summed E-state index contributed by atoms with van der Waals surface area (Å²) in [5.41, 5.74) is 2.24. The van der Waals surface area contributed by atoms with Gasteiger partial charge in [0.2, 0.25) is 5.91 Å². The Labute approximate surface area is 80.0 Å². The summed E-state index contributed by atoms with van der Waals surface area (Å²) in [6.45, 7) is 2.22. The molecule has 1 amide bonds. The van der Waals surface area contributed by atoms with Gasteiger partial charge < -0.3 is 0 Å². The fraction of sp³-hybridized carbons (Fsp3) is 0.900. The van der Waals surface area contributed by atoms with E-state index in [1.807, 2.05) is 0 Å². The fourth-order valence-electron chi connectivity index (χ4n) is 2.24. The zero-order chi connectivity index (χ0) is 9.68. The molecule has 13 heavy (non-hydrogen) atoms. The van der Waals surface area contributed by atoms with Crippen molar-refractivity contribution in [3.05, 3.63) is 0 Å². The van der Waals surface area contributed by atoms with Crippen LogP contribution in [0.15, 0.2) is 0 Å². The van der Waals surface area contributed by atoms with Crippen molar-refractivity contribution in [3.8, 4) is 0 Å². The molecule has 76 valence electrons. The summed E-state index contributed by atoms with van der Waals surface area (Å²) in [6.07, 6.45) is 7.02. The van der Waals surface area contributed by atoms with E-state index in [0.717, 1.165) is 18.8 Å². The molecule has 1 fully saturated rings. The van der Waals surface area contributed by atoms with E-state index in [1.165, 1.54) is 25.7 Å². The van der Waals surface area contributed by atoms with Gasteiger partial charge in [-0.1, -0.05) is 19.8 Å². The molecule has 3 nitrogen and oxygen atoms in total. The van der Waals surface area contributed by atoms with E-state index in [2.05, 4.69) is 12.3 Å². The summed E-state index contributed by atoms with van der Waals surface area (Å²) in [7, 11) is 0. The summed E-state index contributed by atoms with van der Waals surface area (Å²) in [5, 5.41) is 0. The van der Waals surface area contributed by atoms with Crippen LogP contribution >= 0.6 is 0 Å². The molecule has 1 aliphatic rings. The number of hydrogen-bond acceptors (Lipinski definition) is 2. The maximum atomic E-state index is 11.2. The molecule has 0 aromatic heterocycles. The fourth-order valence-corrected chi connectivity index (χ4v) is 2.24. The number of hydrazine groups is 1. The van der Waals surface area contributed by atoms with Crippen molar-refractivity contribution in [1.82, 2.24) is 5.43 Å². The highest BCUT2D eigenvalue weighted by Crippen LogP contribution is 2.31. The first kappa shape index (κ1) is 10.5. The molecule has 0 aliphatic heterocycles. The standard InChI is InChI=1S/C10H20N2O/c1-2-3-8-4-6-9(7-5-8)10(13)12-11/h8-9H,2-7,11H2,1H3,(H,12,13)/t8-,9-. The van der Waals surface area contributed by atoms with Crippen LogP contribution in [-0.2, 0) is 4.79 Å². The molecule has 0 heterocycles. The molecule has 0 unspecified atom stereocenters. The van der Waals surface area contributed by atoms with Crippen molar-refractivity contribution in [2.75, 3.05) is 0 Å². The lowest BCUT2D eigenvalue weighted by Gasteiger charge is -2.26. The number of carbonyl (C=O) groups is 1. The minimum atomic E-state index is 0.0231. The maximum absolute atomic E-state index is 11.2. The number of nitrogens with one attached hydrogen (secondary N) is 1. The Morgan fingerprint density at radius 2 is 2.00 bits per heavy atom. The molecule has 1 saturated carbocycles. The van der Waals surface area contributed by atoms with Gasteiger partial charge in [0.1, 0.15) is 0 Å². The normalized spacial score (nSPS) is 28.5. The van der Waals surface area contributed by atoms with Crippen LogP contribution in [0.2, 0.25) is 0 Å². The molecule has 1 aliphatic carbocycles. The molecular formula is C10H20N2O. The Morgan fingerprint density at radius 3 is 2.46 bits per heavy atom. The monoisotopic (exact) mass is 184 g/mol. The Morgan fingerprint density at radius 1 is 1.38 bits per heavy atom. The molecule has 3 N–H and O–H groups in total. The first-order valence-electron chi connectivity index (χ1n) is 5.28. The van der Waals surface area contributed by atoms with Gasteiger partial charge >= 0.3 is 0 Å². The second kappa shape index (κ2) is 5.22. The third-order valence-corrected chi connectivity index (χ3v) is 3.06. The van der Waals surface area contributed by atoms with E-state index in [-0.39, 0.29) is 11.8 Å². The zero-order valence-electron chi connectivity index (χ0n) is 8.38. The first-order valence-corrected chi connectivity index (χ1v) is 5.28. The highest BCUT2D eigenvalue weighted by Gasteiger charge is 2.24. The van der Waals surface area contributed by atoms with E-state index in [1.54, 1.807) is 0 Å². The number of carbonyl (C=O) groups excluding carboxylic acids is 1. The van der Waals surface area contributed by atoms with Gasteiger partial charge in [0, 0.05) is 5.92 Å². The quantitative estimate of drug-likeness (QED) is 0.397. The maximum Gasteiger partial charge on any atom is 0.236 e. The summed E-state index contributed by atoms with van der Waals surface area (Å²) in [6, 6.07) is 0. The highest BCUT2D eigenvalue weighted by atomic mass is 16.2. The van der Waals surface area contributed by atoms with Crippen molar-refractivity contribution in [3.63, 3.8) is 0 Å². The van der Waals surface area contributed by atoms with Crippen LogP contribution in [0.5, 0.6) is 0 Å². The van der Waals surface area contributed by atoms with Crippen LogP contribution in [0.4, 0.5) is 0 Å². The molecule has 0 atom stereocenters. The van der Waals surface area contributed by atoms with E-state index in [0.29, 0.717) is 0 Å². The van der Waals surface area contributed by atoms with E-state index in [4.69, 9.17) is 5.84 Å². The number of hydrogen-bond donors (Lipinski definition) is 2. The van der Waals surface area contributed by atoms with Gasteiger partial charge in [-0.2, -0.15) is 0 Å². The Hall–Kier alpha value is -0.570. The minimum Gasteiger partial charge on any atom is -0.294 e. The predicted molar refractivity (Wildman–Crippen MR) is 52.7 cm³/mol. The molecule has 0 spiro atoms. The Bertz CT molecular complexity index is 162. The molecule has 1 rings (SSSR count).